The molecule has 1 aromatic carbocycles. The van der Waals surface area contributed by atoms with Gasteiger partial charge in [0.05, 0.1) is 6.10 Å². The van der Waals surface area contributed by atoms with E-state index in [-0.39, 0.29) is 12.0 Å². The van der Waals surface area contributed by atoms with Gasteiger partial charge in [0.1, 0.15) is 5.69 Å². The van der Waals surface area contributed by atoms with Gasteiger partial charge in [0.2, 0.25) is 5.95 Å². The molecule has 0 radical (unpaired) electrons. The molecule has 2 N–H and O–H groups in total. The zero-order valence-corrected chi connectivity index (χ0v) is 16.9. The molecule has 1 atom stereocenters. The Kier molecular flexibility index (Phi) is 6.81. The Bertz CT molecular complexity index is 784. The molecule has 0 bridgehead atoms. The summed E-state index contributed by atoms with van der Waals surface area (Å²) < 4.78 is 5.60. The fourth-order valence-electron chi connectivity index (χ4n) is 3.31. The number of hydrogen-bond donors (Lipinski definition) is 2. The van der Waals surface area contributed by atoms with Crippen LogP contribution in [0, 0.1) is 6.92 Å². The summed E-state index contributed by atoms with van der Waals surface area (Å²) in [7, 11) is 0. The standard InChI is InChI=1S/C21H29N5O2/c1-4-26(5-2)17-10-8-16(9-11-17)24-20(27)19-13-15(3)23-21(25-19)22-14-18-7-6-12-28-18/h8-11,13,18H,4-7,12,14H2,1-3H3,(H,24,27)(H,22,23,25). The summed E-state index contributed by atoms with van der Waals surface area (Å²) in [4.78, 5) is 23.6. The summed E-state index contributed by atoms with van der Waals surface area (Å²) in [5.41, 5.74) is 2.97. The minimum absolute atomic E-state index is 0.186. The molecule has 7 nitrogen and oxygen atoms in total. The van der Waals surface area contributed by atoms with Crippen LogP contribution < -0.4 is 15.5 Å². The highest BCUT2D eigenvalue weighted by molar-refractivity contribution is 6.03. The maximum absolute atomic E-state index is 12.6. The topological polar surface area (TPSA) is 79.4 Å². The van der Waals surface area contributed by atoms with E-state index in [0.29, 0.717) is 18.2 Å². The van der Waals surface area contributed by atoms with E-state index >= 15 is 0 Å². The summed E-state index contributed by atoms with van der Waals surface area (Å²) >= 11 is 0. The highest BCUT2D eigenvalue weighted by Gasteiger charge is 2.16. The highest BCUT2D eigenvalue weighted by Crippen LogP contribution is 2.18. The van der Waals surface area contributed by atoms with E-state index in [1.807, 2.05) is 31.2 Å². The van der Waals surface area contributed by atoms with Gasteiger partial charge >= 0.3 is 0 Å². The predicted octanol–water partition coefficient (Wildman–Crippen LogP) is 3.47. The fraction of sp³-hybridized carbons (Fsp3) is 0.476. The number of carbonyl (C=O) groups excluding carboxylic acids is 1. The Morgan fingerprint density at radius 1 is 1.21 bits per heavy atom. The number of anilines is 3. The molecule has 1 unspecified atom stereocenters. The lowest BCUT2D eigenvalue weighted by Crippen LogP contribution is -2.22. The third kappa shape index (κ3) is 5.19. The van der Waals surface area contributed by atoms with Crippen LogP contribution in [0.25, 0.3) is 0 Å². The van der Waals surface area contributed by atoms with Crippen LogP contribution in [0.1, 0.15) is 42.9 Å². The summed E-state index contributed by atoms with van der Waals surface area (Å²) in [6.45, 7) is 9.46. The number of ether oxygens (including phenoxy) is 1. The molecule has 2 heterocycles. The molecule has 1 aromatic heterocycles. The number of hydrogen-bond acceptors (Lipinski definition) is 6. The highest BCUT2D eigenvalue weighted by atomic mass is 16.5. The van der Waals surface area contributed by atoms with Crippen molar-refractivity contribution in [2.75, 3.05) is 41.8 Å². The Hall–Kier alpha value is -2.67. The molecule has 150 valence electrons. The molecule has 3 rings (SSSR count). The van der Waals surface area contributed by atoms with E-state index in [2.05, 4.69) is 39.3 Å². The summed E-state index contributed by atoms with van der Waals surface area (Å²) in [5.74, 6) is 0.207. The fourth-order valence-corrected chi connectivity index (χ4v) is 3.31. The van der Waals surface area contributed by atoms with E-state index in [1.54, 1.807) is 6.07 Å². The lowest BCUT2D eigenvalue weighted by Gasteiger charge is -2.21. The zero-order valence-electron chi connectivity index (χ0n) is 16.9. The van der Waals surface area contributed by atoms with Crippen LogP contribution in [0.5, 0.6) is 0 Å². The number of amides is 1. The van der Waals surface area contributed by atoms with Crippen LogP contribution in [0.4, 0.5) is 17.3 Å². The second kappa shape index (κ2) is 9.50. The molecule has 7 heteroatoms. The SMILES string of the molecule is CCN(CC)c1ccc(NC(=O)c2cc(C)nc(NCC3CCCO3)n2)cc1. The average molecular weight is 383 g/mol. The molecule has 28 heavy (non-hydrogen) atoms. The molecule has 0 aliphatic carbocycles. The molecule has 1 aliphatic rings. The molecule has 1 amide bonds. The van der Waals surface area contributed by atoms with Crippen molar-refractivity contribution < 1.29 is 9.53 Å². The number of benzene rings is 1. The van der Waals surface area contributed by atoms with Crippen molar-refractivity contribution in [3.8, 4) is 0 Å². The van der Waals surface area contributed by atoms with Gasteiger partial charge in [-0.2, -0.15) is 0 Å². The second-order valence-electron chi connectivity index (χ2n) is 6.91. The molecule has 2 aromatic rings. The number of nitrogens with zero attached hydrogens (tertiary/aromatic N) is 3. The van der Waals surface area contributed by atoms with E-state index in [9.17, 15) is 4.79 Å². The number of carbonyl (C=O) groups is 1. The molecular formula is C21H29N5O2. The van der Waals surface area contributed by atoms with Gasteiger partial charge in [-0.1, -0.05) is 0 Å². The maximum Gasteiger partial charge on any atom is 0.274 e. The van der Waals surface area contributed by atoms with Crippen molar-refractivity contribution >= 4 is 23.2 Å². The van der Waals surface area contributed by atoms with Crippen LogP contribution in [0.3, 0.4) is 0 Å². The molecule has 1 saturated heterocycles. The first kappa shape index (κ1) is 20.1. The second-order valence-corrected chi connectivity index (χ2v) is 6.91. The Balaban J connectivity index is 1.64. The summed E-state index contributed by atoms with van der Waals surface area (Å²) in [5, 5.41) is 6.10. The lowest BCUT2D eigenvalue weighted by atomic mass is 10.2. The quantitative estimate of drug-likeness (QED) is 0.727. The third-order valence-electron chi connectivity index (χ3n) is 4.85. The number of nitrogens with one attached hydrogen (secondary N) is 2. The monoisotopic (exact) mass is 383 g/mol. The molecule has 1 fully saturated rings. The first-order chi connectivity index (χ1) is 13.6. The first-order valence-electron chi connectivity index (χ1n) is 9.96. The summed E-state index contributed by atoms with van der Waals surface area (Å²) in [6, 6.07) is 9.55. The zero-order chi connectivity index (χ0) is 19.9. The Morgan fingerprint density at radius 2 is 1.96 bits per heavy atom. The minimum atomic E-state index is -0.249. The van der Waals surface area contributed by atoms with Gasteiger partial charge in [0, 0.05) is 43.3 Å². The van der Waals surface area contributed by atoms with Crippen molar-refractivity contribution in [1.82, 2.24) is 9.97 Å². The first-order valence-corrected chi connectivity index (χ1v) is 9.96. The lowest BCUT2D eigenvalue weighted by molar-refractivity contribution is 0.102. The van der Waals surface area contributed by atoms with Crippen LogP contribution in [0.15, 0.2) is 30.3 Å². The van der Waals surface area contributed by atoms with Crippen LogP contribution in [-0.2, 0) is 4.74 Å². The van der Waals surface area contributed by atoms with Gasteiger partial charge in [-0.25, -0.2) is 9.97 Å². The van der Waals surface area contributed by atoms with Gasteiger partial charge < -0.3 is 20.3 Å². The van der Waals surface area contributed by atoms with E-state index in [4.69, 9.17) is 4.74 Å². The smallest absolute Gasteiger partial charge is 0.274 e. The third-order valence-corrected chi connectivity index (χ3v) is 4.85. The Labute approximate surface area is 166 Å². The maximum atomic E-state index is 12.6. The minimum Gasteiger partial charge on any atom is -0.376 e. The number of aromatic nitrogens is 2. The largest absolute Gasteiger partial charge is 0.376 e. The molecule has 1 aliphatic heterocycles. The van der Waals surface area contributed by atoms with Crippen molar-refractivity contribution in [2.45, 2.75) is 39.7 Å². The van der Waals surface area contributed by atoms with Crippen molar-refractivity contribution in [1.29, 1.82) is 0 Å². The van der Waals surface area contributed by atoms with Crippen molar-refractivity contribution in [2.24, 2.45) is 0 Å². The Morgan fingerprint density at radius 3 is 2.61 bits per heavy atom. The van der Waals surface area contributed by atoms with Gasteiger partial charge in [-0.05, 0) is 63.9 Å². The summed E-state index contributed by atoms with van der Waals surface area (Å²) in [6.07, 6.45) is 2.31. The van der Waals surface area contributed by atoms with Crippen LogP contribution in [0.2, 0.25) is 0 Å². The van der Waals surface area contributed by atoms with Gasteiger partial charge in [0.15, 0.2) is 0 Å². The van der Waals surface area contributed by atoms with Gasteiger partial charge in [-0.15, -0.1) is 0 Å². The normalized spacial score (nSPS) is 16.0. The van der Waals surface area contributed by atoms with E-state index in [0.717, 1.165) is 49.6 Å². The van der Waals surface area contributed by atoms with Crippen LogP contribution in [-0.4, -0.2) is 48.2 Å². The average Bonchev–Trinajstić information content (AvgIpc) is 3.22. The van der Waals surface area contributed by atoms with E-state index in [1.165, 1.54) is 0 Å². The molecule has 0 saturated carbocycles. The molecular weight excluding hydrogens is 354 g/mol. The van der Waals surface area contributed by atoms with Crippen molar-refractivity contribution in [3.63, 3.8) is 0 Å². The number of aryl methyl sites for hydroxylation is 1. The molecule has 0 spiro atoms. The van der Waals surface area contributed by atoms with Crippen LogP contribution >= 0.6 is 0 Å². The predicted molar refractivity (Wildman–Crippen MR) is 112 cm³/mol. The number of rotatable bonds is 8. The van der Waals surface area contributed by atoms with Gasteiger partial charge in [0.25, 0.3) is 5.91 Å². The van der Waals surface area contributed by atoms with Gasteiger partial charge in [-0.3, -0.25) is 4.79 Å². The van der Waals surface area contributed by atoms with Crippen molar-refractivity contribution in [3.05, 3.63) is 41.7 Å². The van der Waals surface area contributed by atoms with E-state index < -0.39 is 0 Å².